The molecule has 0 amide bonds. The van der Waals surface area contributed by atoms with Gasteiger partial charge in [0.25, 0.3) is 5.69 Å². The molecular weight excluding hydrogens is 268 g/mol. The number of hydrogen-bond donors (Lipinski definition) is 1. The van der Waals surface area contributed by atoms with Gasteiger partial charge in [-0.25, -0.2) is 0 Å². The fraction of sp³-hybridized carbons (Fsp3) is 0.533. The summed E-state index contributed by atoms with van der Waals surface area (Å²) in [5.74, 6) is 0. The molecule has 0 unspecified atom stereocenters. The van der Waals surface area contributed by atoms with E-state index in [1.807, 2.05) is 6.07 Å². The fourth-order valence-electron chi connectivity index (χ4n) is 2.80. The zero-order valence-corrected chi connectivity index (χ0v) is 12.2. The van der Waals surface area contributed by atoms with Crippen LogP contribution in [0, 0.1) is 21.4 Å². The van der Waals surface area contributed by atoms with Crippen LogP contribution in [0.1, 0.15) is 31.2 Å². The summed E-state index contributed by atoms with van der Waals surface area (Å²) >= 11 is 0. The summed E-state index contributed by atoms with van der Waals surface area (Å²) in [6, 6.07) is 7.07. The monoisotopic (exact) mass is 288 g/mol. The average molecular weight is 288 g/mol. The van der Waals surface area contributed by atoms with E-state index in [1.165, 1.54) is 31.7 Å². The van der Waals surface area contributed by atoms with Crippen LogP contribution in [-0.2, 0) is 0 Å². The highest BCUT2D eigenvalue weighted by molar-refractivity contribution is 5.64. The van der Waals surface area contributed by atoms with Gasteiger partial charge >= 0.3 is 0 Å². The first kappa shape index (κ1) is 15.3. The van der Waals surface area contributed by atoms with Gasteiger partial charge in [0.1, 0.15) is 5.69 Å². The molecule has 112 valence electrons. The molecule has 1 aliphatic rings. The predicted octanol–water partition coefficient (Wildman–Crippen LogP) is 2.75. The van der Waals surface area contributed by atoms with Crippen molar-refractivity contribution in [2.45, 2.75) is 31.7 Å². The van der Waals surface area contributed by atoms with E-state index in [-0.39, 0.29) is 5.69 Å². The van der Waals surface area contributed by atoms with Crippen LogP contribution >= 0.6 is 0 Å². The summed E-state index contributed by atoms with van der Waals surface area (Å²) in [6.45, 7) is 1.50. The zero-order valence-electron chi connectivity index (χ0n) is 12.2. The normalized spacial score (nSPS) is 15.1. The molecule has 1 N–H and O–H groups in total. The van der Waals surface area contributed by atoms with Gasteiger partial charge in [-0.2, -0.15) is 5.26 Å². The summed E-state index contributed by atoms with van der Waals surface area (Å²) in [5, 5.41) is 23.0. The van der Waals surface area contributed by atoms with Crippen molar-refractivity contribution in [3.8, 4) is 6.07 Å². The van der Waals surface area contributed by atoms with Crippen LogP contribution < -0.4 is 5.32 Å². The Morgan fingerprint density at radius 1 is 1.48 bits per heavy atom. The van der Waals surface area contributed by atoms with Crippen molar-refractivity contribution in [3.05, 3.63) is 33.9 Å². The van der Waals surface area contributed by atoms with Gasteiger partial charge in [0.05, 0.1) is 16.6 Å². The molecule has 0 aliphatic heterocycles. The lowest BCUT2D eigenvalue weighted by atomic mass is 10.2. The van der Waals surface area contributed by atoms with Crippen molar-refractivity contribution in [1.29, 1.82) is 5.26 Å². The van der Waals surface area contributed by atoms with Gasteiger partial charge in [0.15, 0.2) is 0 Å². The quantitative estimate of drug-likeness (QED) is 0.643. The van der Waals surface area contributed by atoms with E-state index in [0.29, 0.717) is 23.8 Å². The number of nitriles is 1. The van der Waals surface area contributed by atoms with Crippen LogP contribution in [0.2, 0.25) is 0 Å². The molecule has 2 rings (SSSR count). The number of anilines is 1. The smallest absolute Gasteiger partial charge is 0.293 e. The average Bonchev–Trinajstić information content (AvgIpc) is 3.01. The third-order valence-corrected chi connectivity index (χ3v) is 4.05. The van der Waals surface area contributed by atoms with Crippen molar-refractivity contribution in [1.82, 2.24) is 4.90 Å². The van der Waals surface area contributed by atoms with Gasteiger partial charge in [-0.05, 0) is 32.0 Å². The Balaban J connectivity index is 1.93. The molecule has 6 nitrogen and oxygen atoms in total. The predicted molar refractivity (Wildman–Crippen MR) is 81.2 cm³/mol. The maximum atomic E-state index is 11.0. The molecule has 0 spiro atoms. The Hall–Kier alpha value is -2.13. The van der Waals surface area contributed by atoms with Crippen LogP contribution in [-0.4, -0.2) is 36.0 Å². The number of hydrogen-bond acceptors (Lipinski definition) is 5. The van der Waals surface area contributed by atoms with E-state index < -0.39 is 4.92 Å². The molecule has 0 bridgehead atoms. The standard InChI is InChI=1S/C15H20N4O2/c1-18(13-4-2-3-5-13)9-8-17-14-7-6-12(11-16)10-15(14)19(20)21/h6-7,10,13,17H,2-5,8-9H2,1H3. The first-order valence-corrected chi connectivity index (χ1v) is 7.24. The number of nitrogens with zero attached hydrogens (tertiary/aromatic N) is 3. The van der Waals surface area contributed by atoms with Gasteiger partial charge in [0.2, 0.25) is 0 Å². The minimum absolute atomic E-state index is 0.0439. The number of benzene rings is 1. The summed E-state index contributed by atoms with van der Waals surface area (Å²) in [7, 11) is 2.10. The Bertz CT molecular complexity index is 547. The van der Waals surface area contributed by atoms with E-state index in [1.54, 1.807) is 12.1 Å². The number of nitro groups is 1. The largest absolute Gasteiger partial charge is 0.378 e. The van der Waals surface area contributed by atoms with Crippen LogP contribution in [0.5, 0.6) is 0 Å². The Morgan fingerprint density at radius 2 is 2.19 bits per heavy atom. The second-order valence-electron chi connectivity index (χ2n) is 5.45. The number of likely N-dealkylation sites (N-methyl/N-ethyl adjacent to an activating group) is 1. The Kier molecular flexibility index (Phi) is 5.12. The van der Waals surface area contributed by atoms with E-state index in [0.717, 1.165) is 6.54 Å². The molecule has 1 saturated carbocycles. The molecule has 21 heavy (non-hydrogen) atoms. The van der Waals surface area contributed by atoms with Gasteiger partial charge < -0.3 is 10.2 Å². The molecule has 1 aliphatic carbocycles. The number of rotatable bonds is 6. The Morgan fingerprint density at radius 3 is 2.81 bits per heavy atom. The molecule has 6 heteroatoms. The van der Waals surface area contributed by atoms with Gasteiger partial charge in [-0.3, -0.25) is 10.1 Å². The van der Waals surface area contributed by atoms with E-state index in [9.17, 15) is 10.1 Å². The third kappa shape index (κ3) is 3.92. The van der Waals surface area contributed by atoms with Gasteiger partial charge in [-0.1, -0.05) is 12.8 Å². The molecule has 0 aromatic heterocycles. The zero-order chi connectivity index (χ0) is 15.2. The van der Waals surface area contributed by atoms with E-state index >= 15 is 0 Å². The fourth-order valence-corrected chi connectivity index (χ4v) is 2.80. The molecule has 1 fully saturated rings. The van der Waals surface area contributed by atoms with Gasteiger partial charge in [-0.15, -0.1) is 0 Å². The van der Waals surface area contributed by atoms with Crippen LogP contribution in [0.25, 0.3) is 0 Å². The highest BCUT2D eigenvalue weighted by atomic mass is 16.6. The van der Waals surface area contributed by atoms with Crippen molar-refractivity contribution in [3.63, 3.8) is 0 Å². The summed E-state index contributed by atoms with van der Waals surface area (Å²) in [4.78, 5) is 12.9. The van der Waals surface area contributed by atoms with Crippen LogP contribution in [0.3, 0.4) is 0 Å². The topological polar surface area (TPSA) is 82.2 Å². The molecule has 0 heterocycles. The minimum atomic E-state index is -0.455. The molecule has 0 radical (unpaired) electrons. The lowest BCUT2D eigenvalue weighted by Gasteiger charge is -2.24. The van der Waals surface area contributed by atoms with Gasteiger partial charge in [0, 0.05) is 25.2 Å². The maximum absolute atomic E-state index is 11.0. The molecule has 1 aromatic rings. The lowest BCUT2D eigenvalue weighted by molar-refractivity contribution is -0.384. The molecule has 0 saturated heterocycles. The molecule has 0 atom stereocenters. The number of nitro benzene ring substituents is 1. The van der Waals surface area contributed by atoms with E-state index in [2.05, 4.69) is 17.3 Å². The maximum Gasteiger partial charge on any atom is 0.293 e. The first-order valence-electron chi connectivity index (χ1n) is 7.24. The van der Waals surface area contributed by atoms with Crippen LogP contribution in [0.4, 0.5) is 11.4 Å². The van der Waals surface area contributed by atoms with Crippen molar-refractivity contribution in [2.75, 3.05) is 25.5 Å². The third-order valence-electron chi connectivity index (χ3n) is 4.05. The highest BCUT2D eigenvalue weighted by Crippen LogP contribution is 2.25. The van der Waals surface area contributed by atoms with Crippen molar-refractivity contribution in [2.24, 2.45) is 0 Å². The van der Waals surface area contributed by atoms with E-state index in [4.69, 9.17) is 5.26 Å². The molecule has 1 aromatic carbocycles. The van der Waals surface area contributed by atoms with Crippen molar-refractivity contribution < 1.29 is 4.92 Å². The highest BCUT2D eigenvalue weighted by Gasteiger charge is 2.19. The SMILES string of the molecule is CN(CCNc1ccc(C#N)cc1[N+](=O)[O-])C1CCCC1. The first-order chi connectivity index (χ1) is 10.1. The summed E-state index contributed by atoms with van der Waals surface area (Å²) in [5.41, 5.74) is 0.728. The second-order valence-corrected chi connectivity index (χ2v) is 5.45. The second kappa shape index (κ2) is 7.04. The Labute approximate surface area is 124 Å². The van der Waals surface area contributed by atoms with Crippen molar-refractivity contribution >= 4 is 11.4 Å². The number of nitrogens with one attached hydrogen (secondary N) is 1. The summed E-state index contributed by atoms with van der Waals surface area (Å²) < 4.78 is 0. The molecular formula is C15H20N4O2. The lowest BCUT2D eigenvalue weighted by Crippen LogP contribution is -2.33. The summed E-state index contributed by atoms with van der Waals surface area (Å²) in [6.07, 6.45) is 5.08. The van der Waals surface area contributed by atoms with Crippen LogP contribution in [0.15, 0.2) is 18.2 Å². The minimum Gasteiger partial charge on any atom is -0.378 e.